The fourth-order valence-electron chi connectivity index (χ4n) is 1.86. The average molecular weight is 223 g/mol. The van der Waals surface area contributed by atoms with Gasteiger partial charge in [-0.3, -0.25) is 0 Å². The first-order valence-corrected chi connectivity index (χ1v) is 6.19. The number of hydrogen-bond acceptors (Lipinski definition) is 4. The molecule has 1 aliphatic rings. The maximum Gasteiger partial charge on any atom is 0.297 e. The van der Waals surface area contributed by atoms with E-state index in [0.29, 0.717) is 6.04 Å². The van der Waals surface area contributed by atoms with Crippen LogP contribution in [0.15, 0.2) is 10.7 Å². The zero-order valence-electron chi connectivity index (χ0n) is 10.2. The van der Waals surface area contributed by atoms with E-state index >= 15 is 0 Å². The molecule has 2 rings (SSSR count). The maximum absolute atomic E-state index is 5.49. The van der Waals surface area contributed by atoms with Crippen molar-refractivity contribution in [2.75, 3.05) is 18.5 Å². The van der Waals surface area contributed by atoms with Crippen LogP contribution in [0.1, 0.15) is 38.3 Å². The number of oxazole rings is 1. The van der Waals surface area contributed by atoms with Gasteiger partial charge in [0.05, 0.1) is 5.69 Å². The van der Waals surface area contributed by atoms with Crippen LogP contribution in [0.3, 0.4) is 0 Å². The van der Waals surface area contributed by atoms with Crippen LogP contribution in [0.4, 0.5) is 6.01 Å². The number of nitrogens with zero attached hydrogens (tertiary/aromatic N) is 2. The van der Waals surface area contributed by atoms with Crippen LogP contribution in [0, 0.1) is 0 Å². The van der Waals surface area contributed by atoms with E-state index in [1.807, 2.05) is 0 Å². The SMILES string of the molecule is CCCNCc1coc(N(C)C2CCC2)n1. The van der Waals surface area contributed by atoms with Gasteiger partial charge >= 0.3 is 0 Å². The lowest BCUT2D eigenvalue weighted by atomic mass is 9.92. The average Bonchev–Trinajstić information content (AvgIpc) is 2.64. The number of rotatable bonds is 6. The molecule has 1 heterocycles. The molecule has 4 heteroatoms. The summed E-state index contributed by atoms with van der Waals surface area (Å²) < 4.78 is 5.49. The van der Waals surface area contributed by atoms with Crippen LogP contribution in [-0.4, -0.2) is 24.6 Å². The Balaban J connectivity index is 1.85. The summed E-state index contributed by atoms with van der Waals surface area (Å²) in [5, 5.41) is 3.32. The topological polar surface area (TPSA) is 41.3 Å². The molecule has 0 bridgehead atoms. The van der Waals surface area contributed by atoms with Gasteiger partial charge in [0.2, 0.25) is 0 Å². The molecule has 0 aliphatic heterocycles. The normalized spacial score (nSPS) is 16.1. The molecule has 1 aromatic heterocycles. The zero-order chi connectivity index (χ0) is 11.4. The molecule has 0 saturated heterocycles. The van der Waals surface area contributed by atoms with Crippen molar-refractivity contribution in [1.82, 2.24) is 10.3 Å². The lowest BCUT2D eigenvalue weighted by molar-refractivity contribution is 0.379. The molecule has 16 heavy (non-hydrogen) atoms. The third kappa shape index (κ3) is 2.55. The van der Waals surface area contributed by atoms with Gasteiger partial charge in [-0.1, -0.05) is 6.92 Å². The van der Waals surface area contributed by atoms with E-state index in [2.05, 4.69) is 29.2 Å². The lowest BCUT2D eigenvalue weighted by Crippen LogP contribution is -2.37. The number of aromatic nitrogens is 1. The Kier molecular flexibility index (Phi) is 3.83. The van der Waals surface area contributed by atoms with E-state index in [1.165, 1.54) is 19.3 Å². The first-order valence-electron chi connectivity index (χ1n) is 6.19. The highest BCUT2D eigenvalue weighted by atomic mass is 16.4. The van der Waals surface area contributed by atoms with E-state index in [1.54, 1.807) is 6.26 Å². The molecule has 1 aliphatic carbocycles. The molecule has 0 atom stereocenters. The van der Waals surface area contributed by atoms with Gasteiger partial charge in [0.15, 0.2) is 0 Å². The van der Waals surface area contributed by atoms with Crippen LogP contribution in [0.2, 0.25) is 0 Å². The first kappa shape index (κ1) is 11.5. The van der Waals surface area contributed by atoms with Gasteiger partial charge in [0, 0.05) is 19.6 Å². The third-order valence-corrected chi connectivity index (χ3v) is 3.20. The van der Waals surface area contributed by atoms with Crippen LogP contribution in [-0.2, 0) is 6.54 Å². The van der Waals surface area contributed by atoms with Crippen LogP contribution in [0.5, 0.6) is 0 Å². The quantitative estimate of drug-likeness (QED) is 0.750. The summed E-state index contributed by atoms with van der Waals surface area (Å²) in [6, 6.07) is 1.40. The monoisotopic (exact) mass is 223 g/mol. The van der Waals surface area contributed by atoms with Crippen molar-refractivity contribution in [3.05, 3.63) is 12.0 Å². The molecule has 0 radical (unpaired) electrons. The van der Waals surface area contributed by atoms with Gasteiger partial charge in [0.25, 0.3) is 6.01 Å². The number of anilines is 1. The Labute approximate surface area is 97.0 Å². The maximum atomic E-state index is 5.49. The van der Waals surface area contributed by atoms with E-state index in [9.17, 15) is 0 Å². The highest BCUT2D eigenvalue weighted by Crippen LogP contribution is 2.27. The Hall–Kier alpha value is -1.03. The predicted molar refractivity (Wildman–Crippen MR) is 64.5 cm³/mol. The molecule has 1 aromatic rings. The van der Waals surface area contributed by atoms with Gasteiger partial charge in [-0.2, -0.15) is 4.98 Å². The Morgan fingerprint density at radius 1 is 1.56 bits per heavy atom. The van der Waals surface area contributed by atoms with Gasteiger partial charge in [0.1, 0.15) is 6.26 Å². The van der Waals surface area contributed by atoms with E-state index in [-0.39, 0.29) is 0 Å². The molecular weight excluding hydrogens is 202 g/mol. The van der Waals surface area contributed by atoms with Crippen LogP contribution >= 0.6 is 0 Å². The van der Waals surface area contributed by atoms with Crippen molar-refractivity contribution in [3.63, 3.8) is 0 Å². The van der Waals surface area contributed by atoms with Crippen LogP contribution in [0.25, 0.3) is 0 Å². The van der Waals surface area contributed by atoms with Crippen molar-refractivity contribution in [2.45, 2.75) is 45.2 Å². The van der Waals surface area contributed by atoms with Gasteiger partial charge in [-0.25, -0.2) is 0 Å². The van der Waals surface area contributed by atoms with E-state index < -0.39 is 0 Å². The van der Waals surface area contributed by atoms with Gasteiger partial charge in [-0.15, -0.1) is 0 Å². The molecule has 4 nitrogen and oxygen atoms in total. The van der Waals surface area contributed by atoms with Crippen molar-refractivity contribution in [2.24, 2.45) is 0 Å². The van der Waals surface area contributed by atoms with E-state index in [0.717, 1.165) is 31.2 Å². The largest absolute Gasteiger partial charge is 0.432 e. The summed E-state index contributed by atoms with van der Waals surface area (Å²) in [5.74, 6) is 0. The minimum atomic E-state index is 0.634. The molecule has 1 fully saturated rings. The highest BCUT2D eigenvalue weighted by molar-refractivity contribution is 5.28. The van der Waals surface area contributed by atoms with Gasteiger partial charge < -0.3 is 14.6 Å². The predicted octanol–water partition coefficient (Wildman–Crippen LogP) is 2.16. The molecule has 0 unspecified atom stereocenters. The van der Waals surface area contributed by atoms with Crippen molar-refractivity contribution in [3.8, 4) is 0 Å². The van der Waals surface area contributed by atoms with Crippen molar-refractivity contribution in [1.29, 1.82) is 0 Å². The molecule has 90 valence electrons. The summed E-state index contributed by atoms with van der Waals surface area (Å²) in [6.07, 6.45) is 6.77. The third-order valence-electron chi connectivity index (χ3n) is 3.20. The lowest BCUT2D eigenvalue weighted by Gasteiger charge is -2.33. The Morgan fingerprint density at radius 3 is 3.00 bits per heavy atom. The molecule has 1 saturated carbocycles. The van der Waals surface area contributed by atoms with Gasteiger partial charge in [-0.05, 0) is 32.2 Å². The standard InChI is InChI=1S/C12H21N3O/c1-3-7-13-8-10-9-16-12(14-10)15(2)11-5-4-6-11/h9,11,13H,3-8H2,1-2H3. The fraction of sp³-hybridized carbons (Fsp3) is 0.750. The molecule has 0 spiro atoms. The Morgan fingerprint density at radius 2 is 2.38 bits per heavy atom. The second-order valence-corrected chi connectivity index (χ2v) is 4.49. The van der Waals surface area contributed by atoms with E-state index in [4.69, 9.17) is 4.42 Å². The molecule has 0 aromatic carbocycles. The smallest absolute Gasteiger partial charge is 0.297 e. The summed E-state index contributed by atoms with van der Waals surface area (Å²) in [5.41, 5.74) is 0.995. The minimum absolute atomic E-state index is 0.634. The summed E-state index contributed by atoms with van der Waals surface area (Å²) >= 11 is 0. The summed E-state index contributed by atoms with van der Waals surface area (Å²) in [4.78, 5) is 6.64. The first-order chi connectivity index (χ1) is 7.81. The fourth-order valence-corrected chi connectivity index (χ4v) is 1.86. The van der Waals surface area contributed by atoms with Crippen molar-refractivity contribution >= 4 is 6.01 Å². The molecular formula is C12H21N3O. The zero-order valence-corrected chi connectivity index (χ0v) is 10.2. The number of hydrogen-bond donors (Lipinski definition) is 1. The van der Waals surface area contributed by atoms with Crippen LogP contribution < -0.4 is 10.2 Å². The van der Waals surface area contributed by atoms with Crippen molar-refractivity contribution < 1.29 is 4.42 Å². The second-order valence-electron chi connectivity index (χ2n) is 4.49. The molecule has 0 amide bonds. The summed E-state index contributed by atoms with van der Waals surface area (Å²) in [7, 11) is 2.07. The number of nitrogens with one attached hydrogen (secondary N) is 1. The highest BCUT2D eigenvalue weighted by Gasteiger charge is 2.24. The Bertz CT molecular complexity index is 320. The molecule has 1 N–H and O–H groups in total. The summed E-state index contributed by atoms with van der Waals surface area (Å²) in [6.45, 7) is 3.99. The minimum Gasteiger partial charge on any atom is -0.432 e. The second kappa shape index (κ2) is 5.34.